The Morgan fingerprint density at radius 1 is 1.33 bits per heavy atom. The van der Waals surface area contributed by atoms with E-state index in [0.717, 1.165) is 38.3 Å². The Kier molecular flexibility index (Phi) is 4.25. The smallest absolute Gasteiger partial charge is 0.122 e. The largest absolute Gasteiger partial charge is 0.496 e. The number of ether oxygens (including phenoxy) is 1. The van der Waals surface area contributed by atoms with Crippen molar-refractivity contribution in [3.63, 3.8) is 0 Å². The molecular weight excluding hydrogens is 224 g/mol. The van der Waals surface area contributed by atoms with Gasteiger partial charge >= 0.3 is 0 Å². The predicted octanol–water partition coefficient (Wildman–Crippen LogP) is 2.14. The minimum absolute atomic E-state index is 0.495. The molecule has 0 unspecified atom stereocenters. The molecule has 1 aromatic carbocycles. The second-order valence-corrected chi connectivity index (χ2v) is 5.33. The molecule has 1 aliphatic heterocycles. The van der Waals surface area contributed by atoms with Crippen molar-refractivity contribution in [3.05, 3.63) is 28.8 Å². The first kappa shape index (κ1) is 13.4. The van der Waals surface area contributed by atoms with Gasteiger partial charge in [-0.05, 0) is 35.1 Å². The monoisotopic (exact) mass is 248 g/mol. The number of nitrogens with zero attached hydrogens (tertiary/aromatic N) is 1. The molecule has 0 radical (unpaired) electrons. The highest BCUT2D eigenvalue weighted by molar-refractivity contribution is 5.45. The molecule has 0 amide bonds. The second kappa shape index (κ2) is 5.72. The van der Waals surface area contributed by atoms with Gasteiger partial charge in [0.05, 0.1) is 7.11 Å². The number of methoxy groups -OCH3 is 1. The molecule has 1 heterocycles. The van der Waals surface area contributed by atoms with E-state index < -0.39 is 0 Å². The highest BCUT2D eigenvalue weighted by Crippen LogP contribution is 2.32. The average Bonchev–Trinajstić information content (AvgIpc) is 2.37. The van der Waals surface area contributed by atoms with E-state index in [1.807, 2.05) is 0 Å². The van der Waals surface area contributed by atoms with Crippen LogP contribution in [0.5, 0.6) is 5.75 Å². The van der Waals surface area contributed by atoms with Gasteiger partial charge in [0.1, 0.15) is 5.75 Å². The molecule has 18 heavy (non-hydrogen) atoms. The number of hydrogen-bond acceptors (Lipinski definition) is 3. The van der Waals surface area contributed by atoms with Crippen LogP contribution in [0.2, 0.25) is 0 Å². The summed E-state index contributed by atoms with van der Waals surface area (Å²) in [5.41, 5.74) is 9.83. The van der Waals surface area contributed by atoms with Gasteiger partial charge in [0.2, 0.25) is 0 Å². The lowest BCUT2D eigenvalue weighted by Crippen LogP contribution is -2.34. The SMILES string of the molecule is COc1cc2c(cc1C(C)C)CN(CCN)CC2. The summed E-state index contributed by atoms with van der Waals surface area (Å²) in [6.45, 7) is 8.28. The van der Waals surface area contributed by atoms with E-state index in [1.165, 1.54) is 16.7 Å². The quantitative estimate of drug-likeness (QED) is 0.887. The Hall–Kier alpha value is -1.06. The van der Waals surface area contributed by atoms with Gasteiger partial charge in [-0.2, -0.15) is 0 Å². The number of hydrogen-bond donors (Lipinski definition) is 1. The van der Waals surface area contributed by atoms with E-state index in [9.17, 15) is 0 Å². The molecule has 0 aromatic heterocycles. The van der Waals surface area contributed by atoms with Gasteiger partial charge < -0.3 is 10.5 Å². The molecule has 0 fully saturated rings. The molecule has 1 aromatic rings. The van der Waals surface area contributed by atoms with Crippen molar-refractivity contribution in [2.75, 3.05) is 26.7 Å². The van der Waals surface area contributed by atoms with Crippen molar-refractivity contribution < 1.29 is 4.74 Å². The third-order valence-corrected chi connectivity index (χ3v) is 3.71. The number of benzene rings is 1. The first-order valence-corrected chi connectivity index (χ1v) is 6.77. The van der Waals surface area contributed by atoms with Gasteiger partial charge in [0, 0.05) is 26.2 Å². The zero-order chi connectivity index (χ0) is 13.1. The van der Waals surface area contributed by atoms with Gasteiger partial charge in [-0.15, -0.1) is 0 Å². The van der Waals surface area contributed by atoms with Crippen LogP contribution in [0.1, 0.15) is 36.5 Å². The molecule has 0 aliphatic carbocycles. The molecule has 1 aliphatic rings. The summed E-state index contributed by atoms with van der Waals surface area (Å²) < 4.78 is 5.51. The molecule has 0 bridgehead atoms. The predicted molar refractivity (Wildman–Crippen MR) is 75.1 cm³/mol. The zero-order valence-electron chi connectivity index (χ0n) is 11.7. The lowest BCUT2D eigenvalue weighted by Gasteiger charge is -2.29. The topological polar surface area (TPSA) is 38.5 Å². The molecule has 0 saturated heterocycles. The van der Waals surface area contributed by atoms with Gasteiger partial charge in [-0.25, -0.2) is 0 Å². The number of fused-ring (bicyclic) bond motifs is 1. The van der Waals surface area contributed by atoms with Crippen molar-refractivity contribution in [1.29, 1.82) is 0 Å². The van der Waals surface area contributed by atoms with Crippen molar-refractivity contribution in [3.8, 4) is 5.75 Å². The van der Waals surface area contributed by atoms with Gasteiger partial charge in [-0.3, -0.25) is 4.90 Å². The molecule has 0 spiro atoms. The van der Waals surface area contributed by atoms with E-state index in [0.29, 0.717) is 5.92 Å². The summed E-state index contributed by atoms with van der Waals surface area (Å²) in [4.78, 5) is 2.43. The average molecular weight is 248 g/mol. The van der Waals surface area contributed by atoms with E-state index in [2.05, 4.69) is 30.9 Å². The van der Waals surface area contributed by atoms with E-state index in [4.69, 9.17) is 10.5 Å². The minimum Gasteiger partial charge on any atom is -0.496 e. The summed E-state index contributed by atoms with van der Waals surface area (Å²) in [6, 6.07) is 4.55. The van der Waals surface area contributed by atoms with Crippen LogP contribution in [0, 0.1) is 0 Å². The van der Waals surface area contributed by atoms with E-state index in [-0.39, 0.29) is 0 Å². The van der Waals surface area contributed by atoms with Crippen LogP contribution in [0.25, 0.3) is 0 Å². The molecule has 3 nitrogen and oxygen atoms in total. The maximum Gasteiger partial charge on any atom is 0.122 e. The third kappa shape index (κ3) is 2.68. The number of rotatable bonds is 4. The van der Waals surface area contributed by atoms with E-state index in [1.54, 1.807) is 7.11 Å². The molecular formula is C15H24N2O. The Balaban J connectivity index is 2.30. The molecule has 2 N–H and O–H groups in total. The second-order valence-electron chi connectivity index (χ2n) is 5.33. The highest BCUT2D eigenvalue weighted by Gasteiger charge is 2.19. The summed E-state index contributed by atoms with van der Waals surface area (Å²) >= 11 is 0. The Morgan fingerprint density at radius 3 is 2.72 bits per heavy atom. The van der Waals surface area contributed by atoms with Crippen LogP contribution in [-0.2, 0) is 13.0 Å². The Morgan fingerprint density at radius 2 is 2.11 bits per heavy atom. The zero-order valence-corrected chi connectivity index (χ0v) is 11.7. The van der Waals surface area contributed by atoms with Crippen LogP contribution in [-0.4, -0.2) is 31.6 Å². The molecule has 0 atom stereocenters. The maximum atomic E-state index is 5.64. The van der Waals surface area contributed by atoms with Gasteiger partial charge in [0.15, 0.2) is 0 Å². The van der Waals surface area contributed by atoms with Crippen molar-refractivity contribution >= 4 is 0 Å². The fraction of sp³-hybridized carbons (Fsp3) is 0.600. The van der Waals surface area contributed by atoms with Crippen LogP contribution >= 0.6 is 0 Å². The van der Waals surface area contributed by atoms with Crippen LogP contribution in [0.15, 0.2) is 12.1 Å². The molecule has 2 rings (SSSR count). The highest BCUT2D eigenvalue weighted by atomic mass is 16.5. The third-order valence-electron chi connectivity index (χ3n) is 3.71. The molecule has 100 valence electrons. The van der Waals surface area contributed by atoms with Crippen molar-refractivity contribution in [1.82, 2.24) is 4.90 Å². The summed E-state index contributed by atoms with van der Waals surface area (Å²) in [6.07, 6.45) is 1.10. The standard InChI is InChI=1S/C15H24N2O/c1-11(2)14-8-13-10-17(7-5-16)6-4-12(13)9-15(14)18-3/h8-9,11H,4-7,10,16H2,1-3H3. The van der Waals surface area contributed by atoms with Crippen molar-refractivity contribution in [2.24, 2.45) is 5.73 Å². The summed E-state index contributed by atoms with van der Waals surface area (Å²) in [7, 11) is 1.76. The van der Waals surface area contributed by atoms with E-state index >= 15 is 0 Å². The fourth-order valence-corrected chi connectivity index (χ4v) is 2.67. The summed E-state index contributed by atoms with van der Waals surface area (Å²) in [5, 5.41) is 0. The lowest BCUT2D eigenvalue weighted by atomic mass is 9.92. The van der Waals surface area contributed by atoms with Gasteiger partial charge in [-0.1, -0.05) is 19.9 Å². The minimum atomic E-state index is 0.495. The normalized spacial score (nSPS) is 15.8. The first-order chi connectivity index (χ1) is 8.65. The fourth-order valence-electron chi connectivity index (χ4n) is 2.67. The van der Waals surface area contributed by atoms with Crippen LogP contribution in [0.3, 0.4) is 0 Å². The molecule has 3 heteroatoms. The Bertz CT molecular complexity index is 415. The van der Waals surface area contributed by atoms with Crippen molar-refractivity contribution in [2.45, 2.75) is 32.7 Å². The van der Waals surface area contributed by atoms with Crippen LogP contribution in [0.4, 0.5) is 0 Å². The maximum absolute atomic E-state index is 5.64. The van der Waals surface area contributed by atoms with Crippen LogP contribution < -0.4 is 10.5 Å². The lowest BCUT2D eigenvalue weighted by molar-refractivity contribution is 0.260. The summed E-state index contributed by atoms with van der Waals surface area (Å²) in [5.74, 6) is 1.53. The molecule has 0 saturated carbocycles. The Labute approximate surface area is 110 Å². The number of nitrogens with two attached hydrogens (primary N) is 1. The first-order valence-electron chi connectivity index (χ1n) is 6.77. The van der Waals surface area contributed by atoms with Gasteiger partial charge in [0.25, 0.3) is 0 Å².